The molecule has 132 valence electrons. The van der Waals surface area contributed by atoms with Gasteiger partial charge in [-0.05, 0) is 51.4 Å². The van der Waals surface area contributed by atoms with E-state index in [-0.39, 0.29) is 17.3 Å². The van der Waals surface area contributed by atoms with Gasteiger partial charge in [0.25, 0.3) is 0 Å². The summed E-state index contributed by atoms with van der Waals surface area (Å²) in [5.41, 5.74) is 0. The Kier molecular flexibility index (Phi) is 5.65. The Bertz CT molecular complexity index is 428. The quantitative estimate of drug-likeness (QED) is 0.857. The van der Waals surface area contributed by atoms with Crippen molar-refractivity contribution in [3.8, 4) is 0 Å². The molecule has 3 aliphatic rings. The molecule has 0 aromatic heterocycles. The summed E-state index contributed by atoms with van der Waals surface area (Å²) < 4.78 is 12.0. The van der Waals surface area contributed by atoms with Gasteiger partial charge >= 0.3 is 6.03 Å². The van der Waals surface area contributed by atoms with Crippen molar-refractivity contribution in [2.45, 2.75) is 82.5 Å². The summed E-state index contributed by atoms with van der Waals surface area (Å²) in [5, 5.41) is 3.50. The highest BCUT2D eigenvalue weighted by molar-refractivity contribution is 7.85. The number of nitrogens with one attached hydrogen (secondary N) is 1. The molecule has 1 aliphatic heterocycles. The van der Waals surface area contributed by atoms with E-state index >= 15 is 0 Å². The summed E-state index contributed by atoms with van der Waals surface area (Å²) in [6, 6.07) is 0.518. The summed E-state index contributed by atoms with van der Waals surface area (Å²) in [5.74, 6) is 1.97. The lowest BCUT2D eigenvalue weighted by Gasteiger charge is -2.39. The number of hydrogen-bond donors (Lipinski definition) is 1. The molecular formula is C18H32N2O2S. The van der Waals surface area contributed by atoms with Gasteiger partial charge in [0.1, 0.15) is 0 Å². The molecule has 0 aromatic carbocycles. The van der Waals surface area contributed by atoms with Gasteiger partial charge in [0, 0.05) is 35.2 Å². The third-order valence-electron chi connectivity index (χ3n) is 6.49. The van der Waals surface area contributed by atoms with Gasteiger partial charge in [0.15, 0.2) is 0 Å². The van der Waals surface area contributed by atoms with Crippen LogP contribution in [0, 0.1) is 11.8 Å². The standard InChI is InChI=1S/C18H32N2O2S/c1-13-14(2)23(22)12-11-20(13)18(21)19-17(15-7-3-4-8-15)16-9-5-6-10-16/h13-17H,3-12H2,1-2H3,(H,19,21)/t13-,14-,23+/m1/s1. The van der Waals surface area contributed by atoms with Gasteiger partial charge in [-0.1, -0.05) is 25.7 Å². The van der Waals surface area contributed by atoms with Gasteiger partial charge in [0.2, 0.25) is 0 Å². The number of carbonyl (C=O) groups excluding carboxylic acids is 1. The van der Waals surface area contributed by atoms with Crippen LogP contribution >= 0.6 is 0 Å². The van der Waals surface area contributed by atoms with Crippen molar-refractivity contribution in [2.24, 2.45) is 11.8 Å². The second-order valence-corrected chi connectivity index (χ2v) is 9.70. The number of amides is 2. The van der Waals surface area contributed by atoms with E-state index in [1.807, 2.05) is 18.7 Å². The van der Waals surface area contributed by atoms with Crippen molar-refractivity contribution in [3.05, 3.63) is 0 Å². The van der Waals surface area contributed by atoms with Crippen LogP contribution in [0.5, 0.6) is 0 Å². The molecule has 2 saturated carbocycles. The Labute approximate surface area is 143 Å². The summed E-state index contributed by atoms with van der Waals surface area (Å²) in [6.45, 7) is 4.68. The van der Waals surface area contributed by atoms with Crippen LogP contribution in [0.15, 0.2) is 0 Å². The van der Waals surface area contributed by atoms with Gasteiger partial charge in [-0.2, -0.15) is 0 Å². The SMILES string of the molecule is C[C@@H]1[C@@H](C)[S@@](=O)CCN1C(=O)NC(C1CCCC1)C1CCCC1. The number of hydrogen-bond acceptors (Lipinski definition) is 2. The Morgan fingerprint density at radius 2 is 1.57 bits per heavy atom. The van der Waals surface area contributed by atoms with Crippen LogP contribution in [0.25, 0.3) is 0 Å². The molecular weight excluding hydrogens is 308 g/mol. The van der Waals surface area contributed by atoms with E-state index in [1.54, 1.807) is 0 Å². The molecule has 0 aromatic rings. The molecule has 0 radical (unpaired) electrons. The van der Waals surface area contributed by atoms with E-state index in [0.29, 0.717) is 30.2 Å². The Morgan fingerprint density at radius 1 is 1.04 bits per heavy atom. The second kappa shape index (κ2) is 7.54. The molecule has 4 nitrogen and oxygen atoms in total. The first-order valence-electron chi connectivity index (χ1n) is 9.52. The molecule has 0 bridgehead atoms. The van der Waals surface area contributed by atoms with Crippen molar-refractivity contribution in [3.63, 3.8) is 0 Å². The van der Waals surface area contributed by atoms with Gasteiger partial charge in [-0.25, -0.2) is 4.79 Å². The van der Waals surface area contributed by atoms with Crippen LogP contribution in [0.1, 0.15) is 65.2 Å². The molecule has 23 heavy (non-hydrogen) atoms. The van der Waals surface area contributed by atoms with Crippen molar-refractivity contribution in [1.82, 2.24) is 10.2 Å². The molecule has 3 rings (SSSR count). The molecule has 0 spiro atoms. The highest BCUT2D eigenvalue weighted by atomic mass is 32.2. The average Bonchev–Trinajstić information content (AvgIpc) is 3.23. The molecule has 2 aliphatic carbocycles. The highest BCUT2D eigenvalue weighted by Gasteiger charge is 2.38. The van der Waals surface area contributed by atoms with E-state index in [9.17, 15) is 9.00 Å². The Hall–Kier alpha value is -0.580. The van der Waals surface area contributed by atoms with Crippen LogP contribution in [0.4, 0.5) is 4.79 Å². The van der Waals surface area contributed by atoms with Crippen LogP contribution < -0.4 is 5.32 Å². The minimum absolute atomic E-state index is 0.0670. The fourth-order valence-corrected chi connectivity index (χ4v) is 6.15. The molecule has 3 fully saturated rings. The van der Waals surface area contributed by atoms with Crippen molar-refractivity contribution in [1.29, 1.82) is 0 Å². The van der Waals surface area contributed by atoms with E-state index in [2.05, 4.69) is 5.32 Å². The molecule has 0 unspecified atom stereocenters. The molecule has 1 saturated heterocycles. The number of carbonyl (C=O) groups is 1. The first-order chi connectivity index (χ1) is 11.1. The zero-order valence-corrected chi connectivity index (χ0v) is 15.4. The maximum atomic E-state index is 12.9. The van der Waals surface area contributed by atoms with Crippen LogP contribution in [0.2, 0.25) is 0 Å². The monoisotopic (exact) mass is 340 g/mol. The Balaban J connectivity index is 1.66. The summed E-state index contributed by atoms with van der Waals surface area (Å²) >= 11 is 0. The zero-order chi connectivity index (χ0) is 16.4. The molecule has 1 heterocycles. The van der Waals surface area contributed by atoms with E-state index in [1.165, 1.54) is 51.4 Å². The van der Waals surface area contributed by atoms with Crippen LogP contribution in [0.3, 0.4) is 0 Å². The van der Waals surface area contributed by atoms with E-state index < -0.39 is 10.8 Å². The van der Waals surface area contributed by atoms with Crippen LogP contribution in [-0.4, -0.2) is 44.8 Å². The summed E-state index contributed by atoms with van der Waals surface area (Å²) in [4.78, 5) is 14.8. The number of rotatable bonds is 3. The van der Waals surface area contributed by atoms with Crippen molar-refractivity contribution < 1.29 is 9.00 Å². The smallest absolute Gasteiger partial charge is 0.317 e. The van der Waals surface area contributed by atoms with E-state index in [4.69, 9.17) is 0 Å². The van der Waals surface area contributed by atoms with Crippen LogP contribution in [-0.2, 0) is 10.8 Å². The summed E-state index contributed by atoms with van der Waals surface area (Å²) in [7, 11) is -0.791. The molecule has 3 atom stereocenters. The van der Waals surface area contributed by atoms with Gasteiger partial charge in [-0.15, -0.1) is 0 Å². The molecule has 2 amide bonds. The predicted molar refractivity (Wildman–Crippen MR) is 94.9 cm³/mol. The normalized spacial score (nSPS) is 33.5. The lowest BCUT2D eigenvalue weighted by atomic mass is 9.86. The minimum Gasteiger partial charge on any atom is -0.335 e. The first-order valence-corrected chi connectivity index (χ1v) is 10.9. The number of nitrogens with zero attached hydrogens (tertiary/aromatic N) is 1. The maximum Gasteiger partial charge on any atom is 0.317 e. The second-order valence-electron chi connectivity index (χ2n) is 7.79. The van der Waals surface area contributed by atoms with Crippen molar-refractivity contribution in [2.75, 3.05) is 12.3 Å². The molecule has 5 heteroatoms. The van der Waals surface area contributed by atoms with E-state index in [0.717, 1.165) is 0 Å². The topological polar surface area (TPSA) is 49.4 Å². The Morgan fingerprint density at radius 3 is 2.09 bits per heavy atom. The van der Waals surface area contributed by atoms with Crippen molar-refractivity contribution >= 4 is 16.8 Å². The fourth-order valence-electron chi connectivity index (χ4n) is 4.82. The third-order valence-corrected chi connectivity index (χ3v) is 8.29. The van der Waals surface area contributed by atoms with Gasteiger partial charge in [0.05, 0.1) is 5.25 Å². The minimum atomic E-state index is -0.791. The predicted octanol–water partition coefficient (Wildman–Crippen LogP) is 3.29. The number of urea groups is 1. The average molecular weight is 341 g/mol. The maximum absolute atomic E-state index is 12.9. The summed E-state index contributed by atoms with van der Waals surface area (Å²) in [6.07, 6.45) is 10.4. The van der Waals surface area contributed by atoms with Gasteiger partial charge in [-0.3, -0.25) is 4.21 Å². The van der Waals surface area contributed by atoms with Gasteiger partial charge < -0.3 is 10.2 Å². The fraction of sp³-hybridized carbons (Fsp3) is 0.944. The third kappa shape index (κ3) is 3.75. The lowest BCUT2D eigenvalue weighted by Crippen LogP contribution is -2.58. The largest absolute Gasteiger partial charge is 0.335 e. The molecule has 1 N–H and O–H groups in total. The zero-order valence-electron chi connectivity index (χ0n) is 14.6. The lowest BCUT2D eigenvalue weighted by molar-refractivity contribution is 0.162. The first kappa shape index (κ1) is 17.2. The highest BCUT2D eigenvalue weighted by Crippen LogP contribution is 2.37.